The van der Waals surface area contributed by atoms with Crippen molar-refractivity contribution < 1.29 is 14.6 Å². The average Bonchev–Trinajstić information content (AvgIpc) is 2.44. The molecule has 1 fully saturated rings. The number of allylic oxidation sites excluding steroid dienone is 1. The Balaban J connectivity index is 2.37. The summed E-state index contributed by atoms with van der Waals surface area (Å²) in [6, 6.07) is 6.60. The molecule has 104 valence electrons. The van der Waals surface area contributed by atoms with Gasteiger partial charge in [0.15, 0.2) is 0 Å². The number of methoxy groups -OCH3 is 1. The van der Waals surface area contributed by atoms with Gasteiger partial charge < -0.3 is 9.84 Å². The first-order chi connectivity index (χ1) is 9.51. The van der Waals surface area contributed by atoms with Crippen LogP contribution in [0.1, 0.15) is 13.8 Å². The number of nitrogens with zero attached hydrogens (tertiary/aromatic N) is 1. The van der Waals surface area contributed by atoms with Crippen LogP contribution in [0.25, 0.3) is 0 Å². The first-order valence-electron chi connectivity index (χ1n) is 6.30. The van der Waals surface area contributed by atoms with Gasteiger partial charge in [0.25, 0.3) is 5.91 Å². The van der Waals surface area contributed by atoms with E-state index in [0.29, 0.717) is 17.0 Å². The SMILES string of the molecule is C#C[C@H](O)[C@H]1C(=C(C)C)C(=O)N1c1ccc(OC)cc1. The lowest BCUT2D eigenvalue weighted by molar-refractivity contribution is -0.120. The van der Waals surface area contributed by atoms with Gasteiger partial charge in [-0.25, -0.2) is 0 Å². The molecule has 1 heterocycles. The normalized spacial score (nSPS) is 19.1. The van der Waals surface area contributed by atoms with E-state index in [1.54, 1.807) is 31.4 Å². The predicted octanol–water partition coefficient (Wildman–Crippen LogP) is 1.74. The summed E-state index contributed by atoms with van der Waals surface area (Å²) in [6.45, 7) is 3.68. The van der Waals surface area contributed by atoms with Crippen molar-refractivity contribution in [2.45, 2.75) is 26.0 Å². The number of β-lactam (4-membered cyclic amide) rings is 1. The fraction of sp³-hybridized carbons (Fsp3) is 0.312. The summed E-state index contributed by atoms with van der Waals surface area (Å²) < 4.78 is 5.09. The Morgan fingerprint density at radius 1 is 1.40 bits per heavy atom. The second-order valence-electron chi connectivity index (χ2n) is 4.84. The molecule has 0 bridgehead atoms. The van der Waals surface area contributed by atoms with Crippen molar-refractivity contribution in [3.63, 3.8) is 0 Å². The van der Waals surface area contributed by atoms with Gasteiger partial charge in [-0.3, -0.25) is 9.69 Å². The van der Waals surface area contributed by atoms with Crippen molar-refractivity contribution in [3.8, 4) is 18.1 Å². The van der Waals surface area contributed by atoms with E-state index in [0.717, 1.165) is 5.57 Å². The van der Waals surface area contributed by atoms with Gasteiger partial charge in [0, 0.05) is 11.3 Å². The molecule has 4 heteroatoms. The molecule has 1 saturated heterocycles. The van der Waals surface area contributed by atoms with Crippen LogP contribution in [0.3, 0.4) is 0 Å². The van der Waals surface area contributed by atoms with Gasteiger partial charge in [-0.05, 0) is 38.1 Å². The van der Waals surface area contributed by atoms with Crippen LogP contribution in [0.4, 0.5) is 5.69 Å². The molecule has 0 saturated carbocycles. The number of aliphatic hydroxyl groups is 1. The Labute approximate surface area is 118 Å². The minimum absolute atomic E-state index is 0.116. The van der Waals surface area contributed by atoms with E-state index in [4.69, 9.17) is 11.2 Å². The summed E-state index contributed by atoms with van der Waals surface area (Å²) in [5, 5.41) is 9.96. The minimum Gasteiger partial charge on any atom is -0.497 e. The second-order valence-corrected chi connectivity index (χ2v) is 4.84. The zero-order chi connectivity index (χ0) is 14.9. The highest BCUT2D eigenvalue weighted by Crippen LogP contribution is 2.36. The number of anilines is 1. The fourth-order valence-electron chi connectivity index (χ4n) is 2.37. The third-order valence-electron chi connectivity index (χ3n) is 3.38. The summed E-state index contributed by atoms with van der Waals surface area (Å²) in [6.07, 6.45) is 4.28. The number of terminal acetylenes is 1. The van der Waals surface area contributed by atoms with Crippen molar-refractivity contribution in [2.24, 2.45) is 0 Å². The molecule has 0 aliphatic carbocycles. The van der Waals surface area contributed by atoms with Crippen LogP contribution >= 0.6 is 0 Å². The third kappa shape index (κ3) is 2.17. The van der Waals surface area contributed by atoms with Crippen LogP contribution in [0.15, 0.2) is 35.4 Å². The smallest absolute Gasteiger partial charge is 0.257 e. The number of rotatable bonds is 3. The summed E-state index contributed by atoms with van der Waals surface area (Å²) in [4.78, 5) is 13.8. The number of carbonyl (C=O) groups is 1. The third-order valence-corrected chi connectivity index (χ3v) is 3.38. The molecule has 1 aliphatic rings. The molecule has 1 aromatic carbocycles. The zero-order valence-electron chi connectivity index (χ0n) is 11.8. The monoisotopic (exact) mass is 271 g/mol. The van der Waals surface area contributed by atoms with E-state index in [1.165, 1.54) is 4.90 Å². The second kappa shape index (κ2) is 5.40. The molecule has 1 amide bonds. The van der Waals surface area contributed by atoms with Crippen LogP contribution < -0.4 is 9.64 Å². The van der Waals surface area contributed by atoms with Crippen molar-refractivity contribution in [1.82, 2.24) is 0 Å². The minimum atomic E-state index is -1.01. The maximum Gasteiger partial charge on any atom is 0.257 e. The lowest BCUT2D eigenvalue weighted by Gasteiger charge is -2.44. The Hall–Kier alpha value is -2.25. The Bertz CT molecular complexity index is 591. The van der Waals surface area contributed by atoms with Crippen molar-refractivity contribution in [1.29, 1.82) is 0 Å². The van der Waals surface area contributed by atoms with Crippen LogP contribution in [-0.4, -0.2) is 30.3 Å². The van der Waals surface area contributed by atoms with Crippen molar-refractivity contribution >= 4 is 11.6 Å². The van der Waals surface area contributed by atoms with Crippen molar-refractivity contribution in [2.75, 3.05) is 12.0 Å². The highest BCUT2D eigenvalue weighted by Gasteiger charge is 2.47. The molecule has 1 N–H and O–H groups in total. The van der Waals surface area contributed by atoms with Crippen LogP contribution in [0, 0.1) is 12.3 Å². The average molecular weight is 271 g/mol. The molecule has 1 aromatic rings. The number of ether oxygens (including phenoxy) is 1. The summed E-state index contributed by atoms with van der Waals surface area (Å²) in [5.74, 6) is 2.89. The highest BCUT2D eigenvalue weighted by atomic mass is 16.5. The standard InChI is InChI=1S/C16H17NO3/c1-5-13(18)15-14(10(2)3)16(19)17(15)11-6-8-12(20-4)9-7-11/h1,6-9,13,15,18H,2-4H3/t13-,15-/m0/s1. The highest BCUT2D eigenvalue weighted by molar-refractivity contribution is 6.16. The quantitative estimate of drug-likeness (QED) is 0.517. The largest absolute Gasteiger partial charge is 0.497 e. The molecule has 20 heavy (non-hydrogen) atoms. The number of carbonyl (C=O) groups excluding carboxylic acids is 1. The molecule has 0 aromatic heterocycles. The van der Waals surface area contributed by atoms with Crippen LogP contribution in [0.2, 0.25) is 0 Å². The summed E-state index contributed by atoms with van der Waals surface area (Å²) in [7, 11) is 1.58. The number of hydrogen-bond acceptors (Lipinski definition) is 3. The van der Waals surface area contributed by atoms with Gasteiger partial charge in [-0.2, -0.15) is 0 Å². The molecule has 2 atom stereocenters. The molecule has 2 rings (SSSR count). The maximum absolute atomic E-state index is 12.2. The molecular formula is C16H17NO3. The summed E-state index contributed by atoms with van der Waals surface area (Å²) in [5.41, 5.74) is 2.16. The maximum atomic E-state index is 12.2. The Kier molecular flexibility index (Phi) is 3.82. The van der Waals surface area contributed by atoms with Gasteiger partial charge in [-0.1, -0.05) is 11.5 Å². The lowest BCUT2D eigenvalue weighted by Crippen LogP contribution is -2.61. The van der Waals surface area contributed by atoms with E-state index < -0.39 is 12.1 Å². The lowest BCUT2D eigenvalue weighted by atomic mass is 9.86. The van der Waals surface area contributed by atoms with E-state index in [9.17, 15) is 9.90 Å². The summed E-state index contributed by atoms with van der Waals surface area (Å²) >= 11 is 0. The Morgan fingerprint density at radius 2 is 2.00 bits per heavy atom. The molecular weight excluding hydrogens is 254 g/mol. The van der Waals surface area contributed by atoms with Gasteiger partial charge in [-0.15, -0.1) is 6.42 Å². The van der Waals surface area contributed by atoms with Crippen LogP contribution in [-0.2, 0) is 4.79 Å². The van der Waals surface area contributed by atoms with E-state index >= 15 is 0 Å². The fourth-order valence-corrected chi connectivity index (χ4v) is 2.37. The van der Waals surface area contributed by atoms with E-state index in [2.05, 4.69) is 5.92 Å². The van der Waals surface area contributed by atoms with E-state index in [1.807, 2.05) is 13.8 Å². The molecule has 0 unspecified atom stereocenters. The van der Waals surface area contributed by atoms with Crippen LogP contribution in [0.5, 0.6) is 5.75 Å². The number of aliphatic hydroxyl groups excluding tert-OH is 1. The first kappa shape index (κ1) is 14.2. The van der Waals surface area contributed by atoms with Gasteiger partial charge in [0.05, 0.1) is 7.11 Å². The van der Waals surface area contributed by atoms with Gasteiger partial charge in [0.1, 0.15) is 17.9 Å². The first-order valence-corrected chi connectivity index (χ1v) is 6.30. The molecule has 1 aliphatic heterocycles. The van der Waals surface area contributed by atoms with Gasteiger partial charge in [0.2, 0.25) is 0 Å². The van der Waals surface area contributed by atoms with Gasteiger partial charge >= 0.3 is 0 Å². The number of amides is 1. The molecule has 0 radical (unpaired) electrons. The van der Waals surface area contributed by atoms with E-state index in [-0.39, 0.29) is 5.91 Å². The predicted molar refractivity (Wildman–Crippen MR) is 77.5 cm³/mol. The number of hydrogen-bond donors (Lipinski definition) is 1. The topological polar surface area (TPSA) is 49.8 Å². The number of benzene rings is 1. The van der Waals surface area contributed by atoms with Crippen molar-refractivity contribution in [3.05, 3.63) is 35.4 Å². The molecule has 0 spiro atoms. The molecule has 4 nitrogen and oxygen atoms in total. The Morgan fingerprint density at radius 3 is 2.45 bits per heavy atom. The zero-order valence-corrected chi connectivity index (χ0v) is 11.8.